The van der Waals surface area contributed by atoms with Crippen LogP contribution in [0.3, 0.4) is 0 Å². The van der Waals surface area contributed by atoms with Crippen molar-refractivity contribution in [1.29, 1.82) is 0 Å². The van der Waals surface area contributed by atoms with Crippen molar-refractivity contribution in [3.63, 3.8) is 0 Å². The van der Waals surface area contributed by atoms with Crippen molar-refractivity contribution >= 4 is 11.6 Å². The molecule has 4 nitrogen and oxygen atoms in total. The lowest BCUT2D eigenvalue weighted by atomic mass is 9.91. The molecule has 2 aromatic carbocycles. The lowest BCUT2D eigenvalue weighted by molar-refractivity contribution is -0.121. The van der Waals surface area contributed by atoms with Crippen molar-refractivity contribution in [2.24, 2.45) is 0 Å². The summed E-state index contributed by atoms with van der Waals surface area (Å²) in [6.45, 7) is 4.00. The van der Waals surface area contributed by atoms with Gasteiger partial charge in [-0.1, -0.05) is 54.6 Å². The lowest BCUT2D eigenvalue weighted by Gasteiger charge is -2.20. The first-order valence-electron chi connectivity index (χ1n) is 11.0. The number of imidazole rings is 1. The van der Waals surface area contributed by atoms with E-state index in [0.717, 1.165) is 29.7 Å². The van der Waals surface area contributed by atoms with Gasteiger partial charge in [0, 0.05) is 30.8 Å². The van der Waals surface area contributed by atoms with Crippen LogP contribution < -0.4 is 5.32 Å². The Balaban J connectivity index is 1.54. The van der Waals surface area contributed by atoms with Gasteiger partial charge >= 0.3 is 0 Å². The Kier molecular flexibility index (Phi) is 6.64. The number of amides is 1. The number of carbonyl (C=O) groups is 1. The third-order valence-corrected chi connectivity index (χ3v) is 5.90. The van der Waals surface area contributed by atoms with Crippen molar-refractivity contribution in [2.75, 3.05) is 0 Å². The first kappa shape index (κ1) is 21.8. The number of aromatic nitrogens is 2. The highest BCUT2D eigenvalue weighted by Gasteiger charge is 2.25. The summed E-state index contributed by atoms with van der Waals surface area (Å²) < 4.78 is 16.7. The molecule has 0 radical (unpaired) electrons. The van der Waals surface area contributed by atoms with Crippen molar-refractivity contribution in [2.45, 2.75) is 45.1 Å². The molecule has 32 heavy (non-hydrogen) atoms. The topological polar surface area (TPSA) is 46.4 Å². The van der Waals surface area contributed by atoms with E-state index in [1.54, 1.807) is 24.4 Å². The molecule has 2 heterocycles. The van der Waals surface area contributed by atoms with Gasteiger partial charge in [0.05, 0.1) is 5.69 Å². The van der Waals surface area contributed by atoms with Crippen LogP contribution in [0, 0.1) is 12.7 Å². The molecule has 1 N–H and O–H groups in total. The number of rotatable bonds is 8. The molecule has 0 saturated heterocycles. The van der Waals surface area contributed by atoms with E-state index in [0.29, 0.717) is 5.56 Å². The van der Waals surface area contributed by atoms with E-state index < -0.39 is 5.92 Å². The summed E-state index contributed by atoms with van der Waals surface area (Å²) >= 11 is 0. The van der Waals surface area contributed by atoms with E-state index in [9.17, 15) is 9.18 Å². The SMILES string of the molecule is Cc1cccn2c(C(CC(=O)NC(C)CCc3ccccc3)c3ccccc3F)cnc12. The number of fused-ring (bicyclic) bond motifs is 1. The predicted octanol–water partition coefficient (Wildman–Crippen LogP) is 5.44. The monoisotopic (exact) mass is 429 g/mol. The van der Waals surface area contributed by atoms with Gasteiger partial charge in [0.2, 0.25) is 5.91 Å². The average molecular weight is 430 g/mol. The van der Waals surface area contributed by atoms with Gasteiger partial charge in [-0.05, 0) is 55.5 Å². The Hall–Kier alpha value is -3.47. The molecule has 2 unspecified atom stereocenters. The second kappa shape index (κ2) is 9.77. The number of hydrogen-bond donors (Lipinski definition) is 1. The summed E-state index contributed by atoms with van der Waals surface area (Å²) in [6.07, 6.45) is 5.56. The molecule has 0 spiro atoms. The van der Waals surface area contributed by atoms with Crippen LogP contribution in [0.5, 0.6) is 0 Å². The highest BCUT2D eigenvalue weighted by atomic mass is 19.1. The Bertz CT molecular complexity index is 1200. The van der Waals surface area contributed by atoms with Gasteiger partial charge in [-0.25, -0.2) is 9.37 Å². The van der Waals surface area contributed by atoms with Gasteiger partial charge in [0.25, 0.3) is 0 Å². The lowest BCUT2D eigenvalue weighted by Crippen LogP contribution is -2.34. The molecule has 5 heteroatoms. The maximum atomic E-state index is 14.8. The molecular formula is C27H28FN3O. The second-order valence-corrected chi connectivity index (χ2v) is 8.34. The smallest absolute Gasteiger partial charge is 0.221 e. The van der Waals surface area contributed by atoms with Gasteiger partial charge in [-0.3, -0.25) is 4.79 Å². The molecule has 0 bridgehead atoms. The molecule has 164 valence electrons. The summed E-state index contributed by atoms with van der Waals surface area (Å²) in [7, 11) is 0. The Morgan fingerprint density at radius 2 is 1.81 bits per heavy atom. The van der Waals surface area contributed by atoms with E-state index in [-0.39, 0.29) is 24.2 Å². The van der Waals surface area contributed by atoms with Gasteiger partial charge in [-0.2, -0.15) is 0 Å². The van der Waals surface area contributed by atoms with Crippen LogP contribution in [-0.4, -0.2) is 21.3 Å². The Labute approximate surface area is 188 Å². The summed E-state index contributed by atoms with van der Waals surface area (Å²) in [6, 6.07) is 20.9. The van der Waals surface area contributed by atoms with E-state index in [4.69, 9.17) is 0 Å². The van der Waals surface area contributed by atoms with E-state index >= 15 is 0 Å². The highest BCUT2D eigenvalue weighted by molar-refractivity contribution is 5.78. The zero-order valence-electron chi connectivity index (χ0n) is 18.5. The van der Waals surface area contributed by atoms with Gasteiger partial charge in [0.15, 0.2) is 0 Å². The average Bonchev–Trinajstić information content (AvgIpc) is 3.23. The number of benzene rings is 2. The fraction of sp³-hybridized carbons (Fsp3) is 0.259. The van der Waals surface area contributed by atoms with Crippen LogP contribution in [0.2, 0.25) is 0 Å². The van der Waals surface area contributed by atoms with Crippen LogP contribution in [0.25, 0.3) is 5.65 Å². The molecule has 0 aliphatic carbocycles. The molecule has 0 saturated carbocycles. The summed E-state index contributed by atoms with van der Waals surface area (Å²) in [5, 5.41) is 3.10. The van der Waals surface area contributed by atoms with E-state index in [2.05, 4.69) is 22.4 Å². The minimum atomic E-state index is -0.436. The fourth-order valence-electron chi connectivity index (χ4n) is 4.18. The number of nitrogens with one attached hydrogen (secondary N) is 1. The summed E-state index contributed by atoms with van der Waals surface area (Å²) in [5.41, 5.74) is 4.41. The minimum Gasteiger partial charge on any atom is -0.354 e. The van der Waals surface area contributed by atoms with Crippen LogP contribution in [-0.2, 0) is 11.2 Å². The molecule has 0 fully saturated rings. The molecule has 2 aromatic heterocycles. The van der Waals surface area contributed by atoms with Crippen LogP contribution in [0.4, 0.5) is 4.39 Å². The largest absolute Gasteiger partial charge is 0.354 e. The van der Waals surface area contributed by atoms with Crippen molar-refractivity contribution in [3.05, 3.63) is 107 Å². The third-order valence-electron chi connectivity index (χ3n) is 5.90. The number of aryl methyl sites for hydroxylation is 2. The quantitative estimate of drug-likeness (QED) is 0.405. The zero-order chi connectivity index (χ0) is 22.5. The molecular weight excluding hydrogens is 401 g/mol. The Morgan fingerprint density at radius 3 is 2.59 bits per heavy atom. The number of pyridine rings is 1. The molecule has 0 aliphatic rings. The number of hydrogen-bond acceptors (Lipinski definition) is 2. The molecule has 2 atom stereocenters. The van der Waals surface area contributed by atoms with Crippen molar-refractivity contribution in [1.82, 2.24) is 14.7 Å². The number of halogens is 1. The minimum absolute atomic E-state index is 0.0217. The van der Waals surface area contributed by atoms with Crippen LogP contribution >= 0.6 is 0 Å². The van der Waals surface area contributed by atoms with Crippen molar-refractivity contribution < 1.29 is 9.18 Å². The predicted molar refractivity (Wildman–Crippen MR) is 125 cm³/mol. The first-order valence-corrected chi connectivity index (χ1v) is 11.0. The molecule has 1 amide bonds. The van der Waals surface area contributed by atoms with E-state index in [1.165, 1.54) is 11.6 Å². The van der Waals surface area contributed by atoms with Gasteiger partial charge < -0.3 is 9.72 Å². The maximum Gasteiger partial charge on any atom is 0.221 e. The fourth-order valence-corrected chi connectivity index (χ4v) is 4.18. The number of carbonyl (C=O) groups excluding carboxylic acids is 1. The molecule has 0 aliphatic heterocycles. The summed E-state index contributed by atoms with van der Waals surface area (Å²) in [4.78, 5) is 17.5. The zero-order valence-corrected chi connectivity index (χ0v) is 18.5. The Morgan fingerprint density at radius 1 is 1.06 bits per heavy atom. The normalized spacial score (nSPS) is 13.1. The highest BCUT2D eigenvalue weighted by Crippen LogP contribution is 2.31. The molecule has 4 rings (SSSR count). The number of nitrogens with zero attached hydrogens (tertiary/aromatic N) is 2. The van der Waals surface area contributed by atoms with Crippen molar-refractivity contribution in [3.8, 4) is 0 Å². The third kappa shape index (κ3) is 4.88. The standard InChI is InChI=1S/C27H28FN3O/c1-19-9-8-16-31-25(18-29-27(19)31)23(22-12-6-7-13-24(22)28)17-26(32)30-20(2)14-15-21-10-4-3-5-11-21/h3-13,16,18,20,23H,14-15,17H2,1-2H3,(H,30,32). The van der Waals surface area contributed by atoms with E-state index in [1.807, 2.05) is 54.8 Å². The van der Waals surface area contributed by atoms with Crippen LogP contribution in [0.1, 0.15) is 48.1 Å². The van der Waals surface area contributed by atoms with Gasteiger partial charge in [-0.15, -0.1) is 0 Å². The summed E-state index contributed by atoms with van der Waals surface area (Å²) in [5.74, 6) is -0.847. The first-order chi connectivity index (χ1) is 15.5. The van der Waals surface area contributed by atoms with Gasteiger partial charge in [0.1, 0.15) is 11.5 Å². The maximum absolute atomic E-state index is 14.8. The van der Waals surface area contributed by atoms with Crippen LogP contribution in [0.15, 0.2) is 79.1 Å². The molecule has 4 aromatic rings. The second-order valence-electron chi connectivity index (χ2n) is 8.34.